The summed E-state index contributed by atoms with van der Waals surface area (Å²) in [4.78, 5) is 2.46. The number of aryl methyl sites for hydroxylation is 1. The van der Waals surface area contributed by atoms with Gasteiger partial charge in [0.1, 0.15) is 5.82 Å². The first-order chi connectivity index (χ1) is 9.65. The minimum atomic E-state index is -0.0163. The van der Waals surface area contributed by atoms with Gasteiger partial charge in [-0.15, -0.1) is 0 Å². The quantitative estimate of drug-likeness (QED) is 0.900. The Hall–Kier alpha value is -0.450. The number of nitrogens with zero attached hydrogens (tertiary/aromatic N) is 1. The summed E-state index contributed by atoms with van der Waals surface area (Å²) >= 11 is 3.52. The lowest BCUT2D eigenvalue weighted by atomic mass is 9.96. The third-order valence-corrected chi connectivity index (χ3v) is 4.91. The lowest BCUT2D eigenvalue weighted by Gasteiger charge is -2.36. The fraction of sp³-hybridized carbons (Fsp3) is 0.625. The third kappa shape index (κ3) is 3.23. The molecule has 0 spiro atoms. The van der Waals surface area contributed by atoms with Crippen LogP contribution in [0.2, 0.25) is 0 Å². The third-order valence-electron chi connectivity index (χ3n) is 4.45. The van der Waals surface area contributed by atoms with E-state index in [0.29, 0.717) is 0 Å². The van der Waals surface area contributed by atoms with Crippen LogP contribution in [-0.2, 0) is 0 Å². The summed E-state index contributed by atoms with van der Waals surface area (Å²) in [6, 6.07) is 4.09. The molecule has 1 atom stereocenters. The van der Waals surface area contributed by atoms with Crippen LogP contribution in [0.4, 0.5) is 4.39 Å². The smallest absolute Gasteiger partial charge is 0.130 e. The first kappa shape index (κ1) is 14.5. The van der Waals surface area contributed by atoms with E-state index in [-0.39, 0.29) is 11.9 Å². The summed E-state index contributed by atoms with van der Waals surface area (Å²) in [5.74, 6) is 0.783. The van der Waals surface area contributed by atoms with E-state index in [2.05, 4.69) is 26.1 Å². The molecule has 1 N–H and O–H groups in total. The lowest BCUT2D eigenvalue weighted by Crippen LogP contribution is -2.45. The maximum atomic E-state index is 14.6. The molecule has 1 heterocycles. The summed E-state index contributed by atoms with van der Waals surface area (Å²) < 4.78 is 15.6. The molecule has 2 fully saturated rings. The van der Waals surface area contributed by atoms with Gasteiger partial charge in [0.25, 0.3) is 0 Å². The Morgan fingerprint density at radius 1 is 1.35 bits per heavy atom. The molecule has 1 aliphatic heterocycles. The van der Waals surface area contributed by atoms with Crippen molar-refractivity contribution in [3.63, 3.8) is 0 Å². The largest absolute Gasteiger partial charge is 0.314 e. The van der Waals surface area contributed by atoms with Gasteiger partial charge < -0.3 is 5.32 Å². The molecule has 1 aliphatic carbocycles. The fourth-order valence-corrected chi connectivity index (χ4v) is 3.72. The monoisotopic (exact) mass is 340 g/mol. The van der Waals surface area contributed by atoms with Gasteiger partial charge in [-0.3, -0.25) is 4.90 Å². The van der Waals surface area contributed by atoms with Crippen LogP contribution in [0.15, 0.2) is 16.6 Å². The second kappa shape index (κ2) is 6.12. The van der Waals surface area contributed by atoms with Gasteiger partial charge >= 0.3 is 0 Å². The molecule has 1 saturated heterocycles. The maximum Gasteiger partial charge on any atom is 0.130 e. The average Bonchev–Trinajstić information content (AvgIpc) is 3.25. The SMILES string of the molecule is Cc1cc(Br)cc([C@@H](CC2CC2)N2CCNCC2)c1F. The zero-order valence-corrected chi connectivity index (χ0v) is 13.5. The van der Waals surface area contributed by atoms with Gasteiger partial charge in [0.05, 0.1) is 0 Å². The van der Waals surface area contributed by atoms with E-state index in [1.165, 1.54) is 12.8 Å². The normalized spacial score (nSPS) is 21.9. The van der Waals surface area contributed by atoms with Crippen molar-refractivity contribution in [3.05, 3.63) is 33.5 Å². The van der Waals surface area contributed by atoms with Crippen molar-refractivity contribution in [1.29, 1.82) is 0 Å². The maximum absolute atomic E-state index is 14.6. The highest BCUT2D eigenvalue weighted by Crippen LogP contribution is 2.41. The van der Waals surface area contributed by atoms with Crippen LogP contribution in [0.3, 0.4) is 0 Å². The second-order valence-corrected chi connectivity index (χ2v) is 7.02. The summed E-state index contributed by atoms with van der Waals surface area (Å²) in [7, 11) is 0. The van der Waals surface area contributed by atoms with Gasteiger partial charge in [0.2, 0.25) is 0 Å². The van der Waals surface area contributed by atoms with Gasteiger partial charge in [0.15, 0.2) is 0 Å². The van der Waals surface area contributed by atoms with E-state index in [1.807, 2.05) is 19.1 Å². The molecule has 0 aromatic heterocycles. The van der Waals surface area contributed by atoms with E-state index in [9.17, 15) is 4.39 Å². The topological polar surface area (TPSA) is 15.3 Å². The molecular formula is C16H22BrFN2. The first-order valence-corrected chi connectivity index (χ1v) is 8.35. The molecule has 1 saturated carbocycles. The van der Waals surface area contributed by atoms with Crippen LogP contribution in [0.1, 0.15) is 36.4 Å². The highest BCUT2D eigenvalue weighted by molar-refractivity contribution is 9.10. The Morgan fingerprint density at radius 2 is 2.05 bits per heavy atom. The van der Waals surface area contributed by atoms with Gasteiger partial charge in [0, 0.05) is 42.3 Å². The first-order valence-electron chi connectivity index (χ1n) is 7.55. The molecule has 2 aliphatic rings. The number of benzene rings is 1. The highest BCUT2D eigenvalue weighted by Gasteiger charge is 2.32. The van der Waals surface area contributed by atoms with E-state index in [0.717, 1.165) is 54.1 Å². The molecule has 2 nitrogen and oxygen atoms in total. The number of piperazine rings is 1. The van der Waals surface area contributed by atoms with E-state index in [1.54, 1.807) is 0 Å². The Morgan fingerprint density at radius 3 is 2.70 bits per heavy atom. The molecule has 1 aromatic carbocycles. The molecule has 1 aromatic rings. The predicted octanol–water partition coefficient (Wildman–Crippen LogP) is 3.64. The minimum absolute atomic E-state index is 0.0163. The highest BCUT2D eigenvalue weighted by atomic mass is 79.9. The van der Waals surface area contributed by atoms with Crippen LogP contribution in [0, 0.1) is 18.7 Å². The van der Waals surface area contributed by atoms with Crippen molar-refractivity contribution in [2.24, 2.45) is 5.92 Å². The number of hydrogen-bond acceptors (Lipinski definition) is 2. The van der Waals surface area contributed by atoms with Crippen molar-refractivity contribution in [2.75, 3.05) is 26.2 Å². The molecule has 0 bridgehead atoms. The Bertz CT molecular complexity index is 482. The number of halogens is 2. The van der Waals surface area contributed by atoms with Crippen LogP contribution in [-0.4, -0.2) is 31.1 Å². The van der Waals surface area contributed by atoms with Gasteiger partial charge in [-0.2, -0.15) is 0 Å². The summed E-state index contributed by atoms with van der Waals surface area (Å²) in [5.41, 5.74) is 1.62. The average molecular weight is 341 g/mol. The van der Waals surface area contributed by atoms with Crippen molar-refractivity contribution in [2.45, 2.75) is 32.2 Å². The van der Waals surface area contributed by atoms with E-state index < -0.39 is 0 Å². The minimum Gasteiger partial charge on any atom is -0.314 e. The van der Waals surface area contributed by atoms with Crippen molar-refractivity contribution < 1.29 is 4.39 Å². The Kier molecular flexibility index (Phi) is 4.43. The number of rotatable bonds is 4. The molecule has 0 unspecified atom stereocenters. The molecule has 20 heavy (non-hydrogen) atoms. The molecule has 110 valence electrons. The number of hydrogen-bond donors (Lipinski definition) is 1. The fourth-order valence-electron chi connectivity index (χ4n) is 3.13. The standard InChI is InChI=1S/C16H22BrFN2/c1-11-8-13(17)10-14(16(11)18)15(9-12-2-3-12)20-6-4-19-5-7-20/h8,10,12,15,19H,2-7,9H2,1H3/t15-/m1/s1. The predicted molar refractivity (Wildman–Crippen MR) is 83.4 cm³/mol. The van der Waals surface area contributed by atoms with Crippen molar-refractivity contribution in [1.82, 2.24) is 10.2 Å². The molecule has 0 amide bonds. The van der Waals surface area contributed by atoms with E-state index >= 15 is 0 Å². The zero-order valence-electron chi connectivity index (χ0n) is 12.0. The summed E-state index contributed by atoms with van der Waals surface area (Å²) in [6.45, 7) is 5.91. The van der Waals surface area contributed by atoms with Crippen molar-refractivity contribution in [3.8, 4) is 0 Å². The van der Waals surface area contributed by atoms with E-state index in [4.69, 9.17) is 0 Å². The molecular weight excluding hydrogens is 319 g/mol. The van der Waals surface area contributed by atoms with Crippen molar-refractivity contribution >= 4 is 15.9 Å². The summed E-state index contributed by atoms with van der Waals surface area (Å²) in [6.07, 6.45) is 3.74. The Labute approximate surface area is 128 Å². The second-order valence-electron chi connectivity index (χ2n) is 6.11. The van der Waals surface area contributed by atoms with Crippen LogP contribution in [0.5, 0.6) is 0 Å². The molecule has 4 heteroatoms. The van der Waals surface area contributed by atoms with Gasteiger partial charge in [-0.05, 0) is 37.0 Å². The van der Waals surface area contributed by atoms with Crippen LogP contribution in [0.25, 0.3) is 0 Å². The van der Waals surface area contributed by atoms with Gasteiger partial charge in [-0.1, -0.05) is 28.8 Å². The van der Waals surface area contributed by atoms with Gasteiger partial charge in [-0.25, -0.2) is 4.39 Å². The van der Waals surface area contributed by atoms with Crippen LogP contribution >= 0.6 is 15.9 Å². The molecule has 0 radical (unpaired) electrons. The Balaban J connectivity index is 1.90. The zero-order chi connectivity index (χ0) is 14.1. The number of nitrogens with one attached hydrogen (secondary N) is 1. The molecule has 3 rings (SSSR count). The summed E-state index contributed by atoms with van der Waals surface area (Å²) in [5, 5.41) is 3.38. The van der Waals surface area contributed by atoms with Crippen LogP contribution < -0.4 is 5.32 Å². The lowest BCUT2D eigenvalue weighted by molar-refractivity contribution is 0.157.